The molecule has 4 nitrogen and oxygen atoms in total. The summed E-state index contributed by atoms with van der Waals surface area (Å²) in [4.78, 5) is 2.42. The van der Waals surface area contributed by atoms with Gasteiger partial charge >= 0.3 is 0 Å². The second kappa shape index (κ2) is 9.36. The highest BCUT2D eigenvalue weighted by molar-refractivity contribution is 5.85. The van der Waals surface area contributed by atoms with Crippen LogP contribution < -0.4 is 5.73 Å². The van der Waals surface area contributed by atoms with Crippen molar-refractivity contribution in [1.29, 1.82) is 0 Å². The van der Waals surface area contributed by atoms with Crippen molar-refractivity contribution in [2.45, 2.75) is 6.42 Å². The highest BCUT2D eigenvalue weighted by Gasteiger charge is 2.20. The summed E-state index contributed by atoms with van der Waals surface area (Å²) in [6, 6.07) is 0. The molecule has 1 aliphatic rings. The Hall–Kier alpha value is 0.130. The number of ether oxygens (including phenoxy) is 2. The first-order valence-corrected chi connectivity index (χ1v) is 5.36. The minimum atomic E-state index is 0. The molecule has 92 valence electrons. The molecular formula is C10H23ClN2O2. The van der Waals surface area contributed by atoms with Gasteiger partial charge in [-0.1, -0.05) is 0 Å². The topological polar surface area (TPSA) is 47.7 Å². The van der Waals surface area contributed by atoms with Crippen molar-refractivity contribution in [3.8, 4) is 0 Å². The summed E-state index contributed by atoms with van der Waals surface area (Å²) in [5.41, 5.74) is 5.62. The van der Waals surface area contributed by atoms with E-state index in [1.165, 1.54) is 13.0 Å². The van der Waals surface area contributed by atoms with E-state index >= 15 is 0 Å². The molecule has 5 heteroatoms. The lowest BCUT2D eigenvalue weighted by atomic mass is 10.1. The average molecular weight is 239 g/mol. The van der Waals surface area contributed by atoms with Crippen LogP contribution in [-0.2, 0) is 9.47 Å². The van der Waals surface area contributed by atoms with Gasteiger partial charge < -0.3 is 20.1 Å². The standard InChI is InChI=1S/C10H22N2O2.ClH/c1-13-6-7-14-5-4-12-3-2-10(8-11)9-12;/h10H,2-9,11H2,1H3;1H. The summed E-state index contributed by atoms with van der Waals surface area (Å²) < 4.78 is 10.3. The summed E-state index contributed by atoms with van der Waals surface area (Å²) in [5.74, 6) is 0.703. The molecule has 0 radical (unpaired) electrons. The predicted molar refractivity (Wildman–Crippen MR) is 63.5 cm³/mol. The van der Waals surface area contributed by atoms with Gasteiger partial charge in [0, 0.05) is 20.2 Å². The van der Waals surface area contributed by atoms with E-state index in [0.29, 0.717) is 19.1 Å². The minimum Gasteiger partial charge on any atom is -0.382 e. The van der Waals surface area contributed by atoms with Gasteiger partial charge in [0.25, 0.3) is 0 Å². The zero-order chi connectivity index (χ0) is 10.2. The molecule has 1 rings (SSSR count). The third-order valence-corrected chi connectivity index (χ3v) is 2.69. The molecule has 0 aromatic heterocycles. The van der Waals surface area contributed by atoms with Crippen molar-refractivity contribution in [2.24, 2.45) is 11.7 Å². The van der Waals surface area contributed by atoms with Gasteiger partial charge in [0.2, 0.25) is 0 Å². The van der Waals surface area contributed by atoms with E-state index < -0.39 is 0 Å². The van der Waals surface area contributed by atoms with Gasteiger partial charge in [0.05, 0.1) is 19.8 Å². The van der Waals surface area contributed by atoms with E-state index in [1.54, 1.807) is 7.11 Å². The lowest BCUT2D eigenvalue weighted by Crippen LogP contribution is -2.27. The van der Waals surface area contributed by atoms with Crippen molar-refractivity contribution >= 4 is 12.4 Å². The van der Waals surface area contributed by atoms with E-state index in [2.05, 4.69) is 4.90 Å². The fraction of sp³-hybridized carbons (Fsp3) is 1.00. The molecule has 0 bridgehead atoms. The van der Waals surface area contributed by atoms with Crippen LogP contribution in [0.3, 0.4) is 0 Å². The van der Waals surface area contributed by atoms with Crippen LogP contribution in [0.4, 0.5) is 0 Å². The molecule has 1 saturated heterocycles. The maximum absolute atomic E-state index is 5.62. The molecule has 1 aliphatic heterocycles. The van der Waals surface area contributed by atoms with Crippen molar-refractivity contribution in [2.75, 3.05) is 53.1 Å². The van der Waals surface area contributed by atoms with Crippen molar-refractivity contribution < 1.29 is 9.47 Å². The van der Waals surface area contributed by atoms with Crippen molar-refractivity contribution in [1.82, 2.24) is 4.90 Å². The summed E-state index contributed by atoms with van der Waals surface area (Å²) in [6.45, 7) is 6.36. The van der Waals surface area contributed by atoms with Crippen LogP contribution in [0.2, 0.25) is 0 Å². The Bertz CT molecular complexity index is 149. The molecule has 2 N–H and O–H groups in total. The highest BCUT2D eigenvalue weighted by atomic mass is 35.5. The van der Waals surface area contributed by atoms with Crippen LogP contribution >= 0.6 is 12.4 Å². The molecule has 1 fully saturated rings. The quantitative estimate of drug-likeness (QED) is 0.651. The number of halogens is 1. The normalized spacial score (nSPS) is 21.6. The summed E-state index contributed by atoms with van der Waals surface area (Å²) in [7, 11) is 1.69. The van der Waals surface area contributed by atoms with Gasteiger partial charge in [-0.25, -0.2) is 0 Å². The Morgan fingerprint density at radius 3 is 2.73 bits per heavy atom. The smallest absolute Gasteiger partial charge is 0.0700 e. The van der Waals surface area contributed by atoms with Gasteiger partial charge in [0.15, 0.2) is 0 Å². The fourth-order valence-electron chi connectivity index (χ4n) is 1.75. The molecule has 0 saturated carbocycles. The minimum absolute atomic E-state index is 0. The molecule has 15 heavy (non-hydrogen) atoms. The molecule has 1 atom stereocenters. The lowest BCUT2D eigenvalue weighted by Gasteiger charge is -2.15. The number of hydrogen-bond acceptors (Lipinski definition) is 4. The molecule has 0 spiro atoms. The monoisotopic (exact) mass is 238 g/mol. The van der Waals surface area contributed by atoms with Crippen LogP contribution in [0.5, 0.6) is 0 Å². The first kappa shape index (κ1) is 15.1. The summed E-state index contributed by atoms with van der Waals surface area (Å²) in [6.07, 6.45) is 1.24. The van der Waals surface area contributed by atoms with Crippen LogP contribution in [0, 0.1) is 5.92 Å². The second-order valence-electron chi connectivity index (χ2n) is 3.80. The maximum Gasteiger partial charge on any atom is 0.0700 e. The van der Waals surface area contributed by atoms with Crippen LogP contribution in [0.15, 0.2) is 0 Å². The van der Waals surface area contributed by atoms with E-state index in [4.69, 9.17) is 15.2 Å². The predicted octanol–water partition coefficient (Wildman–Crippen LogP) is 0.352. The third kappa shape index (κ3) is 6.33. The van der Waals surface area contributed by atoms with E-state index in [1.807, 2.05) is 0 Å². The molecule has 0 amide bonds. The lowest BCUT2D eigenvalue weighted by molar-refractivity contribution is 0.0599. The SMILES string of the molecule is COCCOCCN1CCC(CN)C1.Cl. The average Bonchev–Trinajstić information content (AvgIpc) is 2.65. The Morgan fingerprint density at radius 1 is 1.33 bits per heavy atom. The Kier molecular flexibility index (Phi) is 9.44. The molecule has 0 aromatic rings. The number of nitrogens with zero attached hydrogens (tertiary/aromatic N) is 1. The van der Waals surface area contributed by atoms with Gasteiger partial charge in [-0.2, -0.15) is 0 Å². The number of likely N-dealkylation sites (tertiary alicyclic amines) is 1. The molecule has 1 heterocycles. The Morgan fingerprint density at radius 2 is 2.13 bits per heavy atom. The number of methoxy groups -OCH3 is 1. The molecular weight excluding hydrogens is 216 g/mol. The van der Waals surface area contributed by atoms with Crippen LogP contribution in [-0.4, -0.2) is 58.0 Å². The van der Waals surface area contributed by atoms with Gasteiger partial charge in [0.1, 0.15) is 0 Å². The van der Waals surface area contributed by atoms with E-state index in [0.717, 1.165) is 26.2 Å². The number of hydrogen-bond donors (Lipinski definition) is 1. The van der Waals surface area contributed by atoms with Gasteiger partial charge in [-0.15, -0.1) is 12.4 Å². The third-order valence-electron chi connectivity index (χ3n) is 2.69. The second-order valence-corrected chi connectivity index (χ2v) is 3.80. The molecule has 1 unspecified atom stereocenters. The van der Waals surface area contributed by atoms with E-state index in [-0.39, 0.29) is 12.4 Å². The molecule has 0 aliphatic carbocycles. The van der Waals surface area contributed by atoms with Crippen molar-refractivity contribution in [3.05, 3.63) is 0 Å². The summed E-state index contributed by atoms with van der Waals surface area (Å²) in [5, 5.41) is 0. The fourth-order valence-corrected chi connectivity index (χ4v) is 1.75. The zero-order valence-corrected chi connectivity index (χ0v) is 10.3. The first-order valence-electron chi connectivity index (χ1n) is 5.36. The van der Waals surface area contributed by atoms with Crippen molar-refractivity contribution in [3.63, 3.8) is 0 Å². The zero-order valence-electron chi connectivity index (χ0n) is 9.48. The van der Waals surface area contributed by atoms with Gasteiger partial charge in [-0.05, 0) is 25.4 Å². The Balaban J connectivity index is 0.00000196. The first-order chi connectivity index (χ1) is 6.86. The Labute approximate surface area is 98.5 Å². The highest BCUT2D eigenvalue weighted by Crippen LogP contribution is 2.13. The van der Waals surface area contributed by atoms with Gasteiger partial charge in [-0.3, -0.25) is 0 Å². The van der Waals surface area contributed by atoms with E-state index in [9.17, 15) is 0 Å². The maximum atomic E-state index is 5.62. The van der Waals surface area contributed by atoms with Crippen LogP contribution in [0.1, 0.15) is 6.42 Å². The number of nitrogens with two attached hydrogens (primary N) is 1. The number of rotatable bonds is 7. The molecule has 0 aromatic carbocycles. The summed E-state index contributed by atoms with van der Waals surface area (Å²) >= 11 is 0. The largest absolute Gasteiger partial charge is 0.382 e. The van der Waals surface area contributed by atoms with Crippen LogP contribution in [0.25, 0.3) is 0 Å².